The Hall–Kier alpha value is -1.88. The second-order valence-electron chi connectivity index (χ2n) is 5.30. The molecule has 1 fully saturated rings. The van der Waals surface area contributed by atoms with Gasteiger partial charge in [0.15, 0.2) is 0 Å². The lowest BCUT2D eigenvalue weighted by atomic mass is 10.0. The summed E-state index contributed by atoms with van der Waals surface area (Å²) in [4.78, 5) is 25.0. The number of aryl methyl sites for hydroxylation is 1. The van der Waals surface area contributed by atoms with Crippen LogP contribution in [0.2, 0.25) is 0 Å². The van der Waals surface area contributed by atoms with Crippen LogP contribution in [0.25, 0.3) is 0 Å². The maximum absolute atomic E-state index is 11.9. The van der Waals surface area contributed by atoms with E-state index in [1.54, 1.807) is 14.0 Å². The second kappa shape index (κ2) is 5.63. The Morgan fingerprint density at radius 2 is 2.15 bits per heavy atom. The number of ether oxygens (including phenoxy) is 1. The minimum absolute atomic E-state index is 0.142. The Balaban J connectivity index is 2.20. The van der Waals surface area contributed by atoms with Gasteiger partial charge in [-0.05, 0) is 13.0 Å². The molecule has 1 aliphatic rings. The molecular formula is C15H20N2O3. The average Bonchev–Trinajstić information content (AvgIpc) is 2.65. The third-order valence-corrected chi connectivity index (χ3v) is 3.63. The van der Waals surface area contributed by atoms with Gasteiger partial charge in [0, 0.05) is 24.4 Å². The summed E-state index contributed by atoms with van der Waals surface area (Å²) in [6, 6.07) is 5.27. The predicted octanol–water partition coefficient (Wildman–Crippen LogP) is 1.40. The van der Waals surface area contributed by atoms with Crippen molar-refractivity contribution in [3.8, 4) is 5.75 Å². The molecule has 2 unspecified atom stereocenters. The Morgan fingerprint density at radius 3 is 2.70 bits per heavy atom. The van der Waals surface area contributed by atoms with E-state index in [9.17, 15) is 9.59 Å². The smallest absolute Gasteiger partial charge is 0.232 e. The van der Waals surface area contributed by atoms with Crippen LogP contribution >= 0.6 is 0 Å². The van der Waals surface area contributed by atoms with Crippen molar-refractivity contribution in [1.82, 2.24) is 4.90 Å². The van der Waals surface area contributed by atoms with Gasteiger partial charge >= 0.3 is 0 Å². The first-order valence-electron chi connectivity index (χ1n) is 6.68. The average molecular weight is 276 g/mol. The monoisotopic (exact) mass is 276 g/mol. The van der Waals surface area contributed by atoms with Crippen molar-refractivity contribution in [1.29, 1.82) is 0 Å². The van der Waals surface area contributed by atoms with Gasteiger partial charge in [-0.3, -0.25) is 14.5 Å². The summed E-state index contributed by atoms with van der Waals surface area (Å²) < 4.78 is 5.29. The van der Waals surface area contributed by atoms with E-state index >= 15 is 0 Å². The molecule has 5 heteroatoms. The van der Waals surface area contributed by atoms with Gasteiger partial charge in [-0.15, -0.1) is 0 Å². The maximum atomic E-state index is 11.9. The number of carbonyl (C=O) groups is 2. The van der Waals surface area contributed by atoms with Gasteiger partial charge in [0.05, 0.1) is 13.2 Å². The van der Waals surface area contributed by atoms with E-state index < -0.39 is 6.04 Å². The molecular weight excluding hydrogens is 256 g/mol. The number of rotatable bonds is 4. The fourth-order valence-corrected chi connectivity index (χ4v) is 2.48. The lowest BCUT2D eigenvalue weighted by Crippen LogP contribution is -2.37. The largest absolute Gasteiger partial charge is 0.496 e. The fourth-order valence-electron chi connectivity index (χ4n) is 2.48. The zero-order valence-corrected chi connectivity index (χ0v) is 12.1. The molecule has 0 saturated carbocycles. The lowest BCUT2D eigenvalue weighted by Gasteiger charge is -2.21. The lowest BCUT2D eigenvalue weighted by molar-refractivity contribution is -0.139. The summed E-state index contributed by atoms with van der Waals surface area (Å²) in [6.45, 7) is 3.92. The summed E-state index contributed by atoms with van der Waals surface area (Å²) in [5.41, 5.74) is 8.04. The van der Waals surface area contributed by atoms with E-state index in [0.29, 0.717) is 5.75 Å². The van der Waals surface area contributed by atoms with Crippen LogP contribution in [0.15, 0.2) is 18.2 Å². The highest BCUT2D eigenvalue weighted by molar-refractivity contribution is 6.03. The van der Waals surface area contributed by atoms with Crippen molar-refractivity contribution < 1.29 is 14.3 Å². The van der Waals surface area contributed by atoms with Gasteiger partial charge in [-0.1, -0.05) is 24.6 Å². The Morgan fingerprint density at radius 1 is 1.45 bits per heavy atom. The molecule has 5 nitrogen and oxygen atoms in total. The first-order chi connectivity index (χ1) is 9.43. The molecule has 1 aromatic carbocycles. The van der Waals surface area contributed by atoms with Gasteiger partial charge in [0.25, 0.3) is 0 Å². The topological polar surface area (TPSA) is 72.6 Å². The number of imide groups is 1. The zero-order chi connectivity index (χ0) is 14.9. The highest BCUT2D eigenvalue weighted by atomic mass is 16.5. The molecule has 2 N–H and O–H groups in total. The number of nitrogens with two attached hydrogens (primary N) is 1. The van der Waals surface area contributed by atoms with Crippen LogP contribution in [0.1, 0.15) is 30.5 Å². The van der Waals surface area contributed by atoms with Gasteiger partial charge < -0.3 is 10.5 Å². The van der Waals surface area contributed by atoms with Crippen LogP contribution in [0, 0.1) is 12.8 Å². The van der Waals surface area contributed by atoms with Gasteiger partial charge in [-0.2, -0.15) is 0 Å². The minimum Gasteiger partial charge on any atom is -0.496 e. The van der Waals surface area contributed by atoms with E-state index in [2.05, 4.69) is 0 Å². The van der Waals surface area contributed by atoms with E-state index in [1.165, 1.54) is 4.90 Å². The standard InChI is InChI=1S/C15H20N2O3/c1-9-4-5-13(20-3)11(6-9)12(16)8-17-14(18)7-10(2)15(17)19/h4-6,10,12H,7-8,16H2,1-3H3. The van der Waals surface area contributed by atoms with Crippen molar-refractivity contribution in [2.75, 3.05) is 13.7 Å². The minimum atomic E-state index is -0.442. The number of hydrogen-bond donors (Lipinski definition) is 1. The Bertz CT molecular complexity index is 542. The Labute approximate surface area is 118 Å². The molecule has 2 atom stereocenters. The van der Waals surface area contributed by atoms with Crippen LogP contribution in [0.5, 0.6) is 5.75 Å². The molecule has 1 aliphatic heterocycles. The van der Waals surface area contributed by atoms with Crippen molar-refractivity contribution in [3.63, 3.8) is 0 Å². The SMILES string of the molecule is COc1ccc(C)cc1C(N)CN1C(=O)CC(C)C1=O. The van der Waals surface area contributed by atoms with E-state index in [1.807, 2.05) is 25.1 Å². The zero-order valence-electron chi connectivity index (χ0n) is 12.1. The number of methoxy groups -OCH3 is 1. The van der Waals surface area contributed by atoms with Gasteiger partial charge in [0.1, 0.15) is 5.75 Å². The number of likely N-dealkylation sites (tertiary alicyclic amines) is 1. The van der Waals surface area contributed by atoms with E-state index in [4.69, 9.17) is 10.5 Å². The molecule has 1 heterocycles. The summed E-state index contributed by atoms with van der Waals surface area (Å²) in [6.07, 6.45) is 0.274. The van der Waals surface area contributed by atoms with Crippen LogP contribution in [0.4, 0.5) is 0 Å². The fraction of sp³-hybridized carbons (Fsp3) is 0.467. The molecule has 0 spiro atoms. The molecule has 0 aromatic heterocycles. The third-order valence-electron chi connectivity index (χ3n) is 3.63. The van der Waals surface area contributed by atoms with Crippen LogP contribution in [0.3, 0.4) is 0 Å². The number of amides is 2. The highest BCUT2D eigenvalue weighted by Crippen LogP contribution is 2.27. The van der Waals surface area contributed by atoms with Crippen molar-refractivity contribution in [2.45, 2.75) is 26.3 Å². The Kier molecular flexibility index (Phi) is 4.09. The van der Waals surface area contributed by atoms with Crippen molar-refractivity contribution in [2.24, 2.45) is 11.7 Å². The number of benzene rings is 1. The maximum Gasteiger partial charge on any atom is 0.232 e. The number of nitrogens with zero attached hydrogens (tertiary/aromatic N) is 1. The molecule has 1 aromatic rings. The predicted molar refractivity (Wildman–Crippen MR) is 75.2 cm³/mol. The van der Waals surface area contributed by atoms with E-state index in [0.717, 1.165) is 11.1 Å². The van der Waals surface area contributed by atoms with Crippen molar-refractivity contribution >= 4 is 11.8 Å². The molecule has 108 valence electrons. The molecule has 0 aliphatic carbocycles. The molecule has 2 rings (SSSR count). The van der Waals surface area contributed by atoms with Crippen LogP contribution < -0.4 is 10.5 Å². The summed E-state index contributed by atoms with van der Waals surface area (Å²) in [7, 11) is 1.58. The van der Waals surface area contributed by atoms with Crippen LogP contribution in [-0.4, -0.2) is 30.4 Å². The molecule has 2 amide bonds. The summed E-state index contributed by atoms with van der Waals surface area (Å²) in [5.74, 6) is 0.144. The molecule has 0 radical (unpaired) electrons. The first kappa shape index (κ1) is 14.5. The highest BCUT2D eigenvalue weighted by Gasteiger charge is 2.36. The summed E-state index contributed by atoms with van der Waals surface area (Å²) in [5, 5.41) is 0. The van der Waals surface area contributed by atoms with Gasteiger partial charge in [-0.25, -0.2) is 0 Å². The molecule has 0 bridgehead atoms. The molecule has 20 heavy (non-hydrogen) atoms. The quantitative estimate of drug-likeness (QED) is 0.844. The van der Waals surface area contributed by atoms with Crippen molar-refractivity contribution in [3.05, 3.63) is 29.3 Å². The normalized spacial score (nSPS) is 20.4. The van der Waals surface area contributed by atoms with E-state index in [-0.39, 0.29) is 30.7 Å². The molecule has 1 saturated heterocycles. The third kappa shape index (κ3) is 2.67. The second-order valence-corrected chi connectivity index (χ2v) is 5.30. The summed E-state index contributed by atoms with van der Waals surface area (Å²) >= 11 is 0. The first-order valence-corrected chi connectivity index (χ1v) is 6.68. The van der Waals surface area contributed by atoms with Gasteiger partial charge in [0.2, 0.25) is 11.8 Å². The van der Waals surface area contributed by atoms with Crippen LogP contribution in [-0.2, 0) is 9.59 Å². The number of carbonyl (C=O) groups excluding carboxylic acids is 2. The number of hydrogen-bond acceptors (Lipinski definition) is 4.